The molecule has 1 aliphatic rings. The Morgan fingerprint density at radius 3 is 2.19 bits per heavy atom. The van der Waals surface area contributed by atoms with Crippen LogP contribution in [-0.2, 0) is 9.84 Å². The summed E-state index contributed by atoms with van der Waals surface area (Å²) in [7, 11) is -3.13. The number of allylic oxidation sites excluding steroid dienone is 1. The Morgan fingerprint density at radius 1 is 0.905 bits per heavy atom. The summed E-state index contributed by atoms with van der Waals surface area (Å²) < 4.78 is 23.1. The van der Waals surface area contributed by atoms with E-state index in [1.165, 1.54) is 22.3 Å². The molecular formula is C17H16O2S2. The molecule has 0 amide bonds. The molecular weight excluding hydrogens is 300 g/mol. The van der Waals surface area contributed by atoms with Crippen LogP contribution in [0.2, 0.25) is 0 Å². The van der Waals surface area contributed by atoms with Gasteiger partial charge in [0.1, 0.15) is 0 Å². The zero-order chi connectivity index (χ0) is 14.9. The lowest BCUT2D eigenvalue weighted by Crippen LogP contribution is -1.96. The third kappa shape index (κ3) is 3.06. The molecule has 0 bridgehead atoms. The van der Waals surface area contributed by atoms with Crippen LogP contribution in [0.5, 0.6) is 0 Å². The van der Waals surface area contributed by atoms with E-state index >= 15 is 0 Å². The second kappa shape index (κ2) is 5.70. The molecule has 0 unspecified atom stereocenters. The molecule has 1 aliphatic heterocycles. The molecule has 0 aliphatic carbocycles. The Morgan fingerprint density at radius 2 is 1.57 bits per heavy atom. The van der Waals surface area contributed by atoms with Crippen molar-refractivity contribution in [3.63, 3.8) is 0 Å². The minimum absolute atomic E-state index is 0.371. The third-order valence-electron chi connectivity index (χ3n) is 3.54. The van der Waals surface area contributed by atoms with E-state index in [4.69, 9.17) is 0 Å². The van der Waals surface area contributed by atoms with Gasteiger partial charge in [-0.05, 0) is 35.3 Å². The van der Waals surface area contributed by atoms with Crippen molar-refractivity contribution in [3.8, 4) is 0 Å². The lowest BCUT2D eigenvalue weighted by atomic mass is 10.0. The highest BCUT2D eigenvalue weighted by molar-refractivity contribution is 8.08. The summed E-state index contributed by atoms with van der Waals surface area (Å²) in [6, 6.07) is 17.6. The molecule has 0 spiro atoms. The summed E-state index contributed by atoms with van der Waals surface area (Å²) in [6.07, 6.45) is 2.29. The molecule has 0 saturated heterocycles. The first-order valence-electron chi connectivity index (χ1n) is 6.77. The van der Waals surface area contributed by atoms with E-state index in [-0.39, 0.29) is 0 Å². The summed E-state index contributed by atoms with van der Waals surface area (Å²) in [5.74, 6) is 1.08. The molecule has 2 aromatic carbocycles. The zero-order valence-corrected chi connectivity index (χ0v) is 13.4. The van der Waals surface area contributed by atoms with Crippen LogP contribution >= 0.6 is 11.8 Å². The van der Waals surface area contributed by atoms with Gasteiger partial charge in [0.05, 0.1) is 4.90 Å². The van der Waals surface area contributed by atoms with Crippen molar-refractivity contribution in [2.45, 2.75) is 11.3 Å². The molecule has 0 fully saturated rings. The molecule has 0 atom stereocenters. The molecule has 0 saturated carbocycles. The van der Waals surface area contributed by atoms with Crippen molar-refractivity contribution in [2.24, 2.45) is 0 Å². The van der Waals surface area contributed by atoms with Crippen LogP contribution in [0.25, 0.3) is 10.5 Å². The Labute approximate surface area is 129 Å². The van der Waals surface area contributed by atoms with Crippen LogP contribution in [0, 0.1) is 0 Å². The molecule has 3 rings (SSSR count). The van der Waals surface area contributed by atoms with E-state index in [1.807, 2.05) is 30.0 Å². The first-order valence-corrected chi connectivity index (χ1v) is 9.65. The Balaban J connectivity index is 2.03. The SMILES string of the molecule is CS(=O)(=O)c1ccc(C2=C(c3ccccc3)CCS2)cc1. The molecule has 0 radical (unpaired) electrons. The number of thioether (sulfide) groups is 1. The highest BCUT2D eigenvalue weighted by atomic mass is 32.2. The predicted octanol–water partition coefficient (Wildman–Crippen LogP) is 4.10. The van der Waals surface area contributed by atoms with Crippen molar-refractivity contribution >= 4 is 32.1 Å². The molecule has 2 nitrogen and oxygen atoms in total. The average Bonchev–Trinajstić information content (AvgIpc) is 2.97. The lowest BCUT2D eigenvalue weighted by Gasteiger charge is -2.08. The summed E-state index contributed by atoms with van der Waals surface area (Å²) in [6.45, 7) is 0. The third-order valence-corrected chi connectivity index (χ3v) is 5.85. The Bertz CT molecular complexity index is 773. The normalized spacial score (nSPS) is 15.5. The fourth-order valence-corrected chi connectivity index (χ4v) is 4.32. The largest absolute Gasteiger partial charge is 0.224 e. The van der Waals surface area contributed by atoms with Crippen LogP contribution in [0.15, 0.2) is 59.5 Å². The summed E-state index contributed by atoms with van der Waals surface area (Å²) in [4.78, 5) is 1.64. The van der Waals surface area contributed by atoms with E-state index in [0.717, 1.165) is 17.7 Å². The maximum absolute atomic E-state index is 11.5. The maximum atomic E-state index is 11.5. The molecule has 0 aromatic heterocycles. The Kier molecular flexibility index (Phi) is 3.91. The van der Waals surface area contributed by atoms with Crippen molar-refractivity contribution in [1.29, 1.82) is 0 Å². The standard InChI is InChI=1S/C17H16O2S2/c1-21(18,19)15-9-7-14(8-10-15)17-16(11-12-20-17)13-5-3-2-4-6-13/h2-10H,11-12H2,1H3. The van der Waals surface area contributed by atoms with Crippen LogP contribution in [-0.4, -0.2) is 20.4 Å². The Hall–Kier alpha value is -1.52. The first-order chi connectivity index (χ1) is 10.1. The van der Waals surface area contributed by atoms with Gasteiger partial charge in [0.25, 0.3) is 0 Å². The van der Waals surface area contributed by atoms with Gasteiger partial charge in [0.15, 0.2) is 9.84 Å². The van der Waals surface area contributed by atoms with E-state index < -0.39 is 9.84 Å². The van der Waals surface area contributed by atoms with Crippen molar-refractivity contribution in [1.82, 2.24) is 0 Å². The molecule has 0 N–H and O–H groups in total. The average molecular weight is 316 g/mol. The number of hydrogen-bond acceptors (Lipinski definition) is 3. The second-order valence-electron chi connectivity index (χ2n) is 5.07. The second-order valence-corrected chi connectivity index (χ2v) is 8.19. The highest BCUT2D eigenvalue weighted by Crippen LogP contribution is 2.43. The van der Waals surface area contributed by atoms with Crippen molar-refractivity contribution < 1.29 is 8.42 Å². The summed E-state index contributed by atoms with van der Waals surface area (Å²) >= 11 is 1.84. The summed E-state index contributed by atoms with van der Waals surface area (Å²) in [5, 5.41) is 0. The minimum Gasteiger partial charge on any atom is -0.224 e. The minimum atomic E-state index is -3.13. The van der Waals surface area contributed by atoms with Crippen LogP contribution in [0.3, 0.4) is 0 Å². The van der Waals surface area contributed by atoms with Gasteiger partial charge in [-0.1, -0.05) is 42.5 Å². The van der Waals surface area contributed by atoms with E-state index in [9.17, 15) is 8.42 Å². The number of benzene rings is 2. The lowest BCUT2D eigenvalue weighted by molar-refractivity contribution is 0.602. The van der Waals surface area contributed by atoms with E-state index in [2.05, 4.69) is 24.3 Å². The topological polar surface area (TPSA) is 34.1 Å². The highest BCUT2D eigenvalue weighted by Gasteiger charge is 2.18. The number of sulfone groups is 1. The van der Waals surface area contributed by atoms with Gasteiger partial charge >= 0.3 is 0 Å². The monoisotopic (exact) mass is 316 g/mol. The first kappa shape index (κ1) is 14.4. The number of rotatable bonds is 3. The predicted molar refractivity (Wildman–Crippen MR) is 89.9 cm³/mol. The molecule has 108 valence electrons. The number of hydrogen-bond donors (Lipinski definition) is 0. The quantitative estimate of drug-likeness (QED) is 0.855. The van der Waals surface area contributed by atoms with Gasteiger partial charge in [-0.25, -0.2) is 8.42 Å². The fraction of sp³-hybridized carbons (Fsp3) is 0.176. The van der Waals surface area contributed by atoms with Crippen molar-refractivity contribution in [2.75, 3.05) is 12.0 Å². The maximum Gasteiger partial charge on any atom is 0.175 e. The van der Waals surface area contributed by atoms with Gasteiger partial charge in [-0.15, -0.1) is 11.8 Å². The van der Waals surface area contributed by atoms with Crippen LogP contribution in [0.4, 0.5) is 0 Å². The summed E-state index contributed by atoms with van der Waals surface area (Å²) in [5.41, 5.74) is 3.71. The van der Waals surface area contributed by atoms with Gasteiger partial charge in [0.2, 0.25) is 0 Å². The van der Waals surface area contributed by atoms with Crippen LogP contribution in [0.1, 0.15) is 17.5 Å². The molecule has 21 heavy (non-hydrogen) atoms. The van der Waals surface area contributed by atoms with E-state index in [0.29, 0.717) is 4.90 Å². The van der Waals surface area contributed by atoms with Gasteiger partial charge in [-0.3, -0.25) is 0 Å². The fourth-order valence-electron chi connectivity index (χ4n) is 2.48. The molecule has 2 aromatic rings. The van der Waals surface area contributed by atoms with E-state index in [1.54, 1.807) is 12.1 Å². The smallest absolute Gasteiger partial charge is 0.175 e. The molecule has 1 heterocycles. The zero-order valence-electron chi connectivity index (χ0n) is 11.7. The van der Waals surface area contributed by atoms with Crippen LogP contribution < -0.4 is 0 Å². The van der Waals surface area contributed by atoms with Crippen molar-refractivity contribution in [3.05, 3.63) is 65.7 Å². The van der Waals surface area contributed by atoms with Gasteiger partial charge < -0.3 is 0 Å². The van der Waals surface area contributed by atoms with Gasteiger partial charge in [-0.2, -0.15) is 0 Å². The van der Waals surface area contributed by atoms with Gasteiger partial charge in [0, 0.05) is 16.9 Å². The molecule has 4 heteroatoms.